The molecule has 1 saturated carbocycles. The zero-order chi connectivity index (χ0) is 13.1. The van der Waals surface area contributed by atoms with Gasteiger partial charge in [-0.15, -0.1) is 0 Å². The molecular formula is C15H18O3. The SMILES string of the molecule is COc1ccc(C)cc1C/C(=C/C(=O)O)C1CC1. The van der Waals surface area contributed by atoms with Crippen molar-refractivity contribution in [2.24, 2.45) is 5.92 Å². The minimum Gasteiger partial charge on any atom is -0.496 e. The molecule has 96 valence electrons. The average Bonchev–Trinajstić information content (AvgIpc) is 3.11. The fourth-order valence-electron chi connectivity index (χ4n) is 2.19. The van der Waals surface area contributed by atoms with Crippen LogP contribution in [0.3, 0.4) is 0 Å². The summed E-state index contributed by atoms with van der Waals surface area (Å²) >= 11 is 0. The minimum atomic E-state index is -0.858. The van der Waals surface area contributed by atoms with Crippen LogP contribution >= 0.6 is 0 Å². The van der Waals surface area contributed by atoms with E-state index in [1.807, 2.05) is 19.1 Å². The van der Waals surface area contributed by atoms with Crippen molar-refractivity contribution >= 4 is 5.97 Å². The van der Waals surface area contributed by atoms with Crippen molar-refractivity contribution in [2.45, 2.75) is 26.2 Å². The number of carboxylic acids is 1. The molecule has 0 heterocycles. The second-order valence-electron chi connectivity index (χ2n) is 4.82. The molecule has 1 fully saturated rings. The van der Waals surface area contributed by atoms with Gasteiger partial charge in [-0.2, -0.15) is 0 Å². The molecule has 1 aliphatic rings. The van der Waals surface area contributed by atoms with Gasteiger partial charge in [0.2, 0.25) is 0 Å². The van der Waals surface area contributed by atoms with E-state index in [9.17, 15) is 4.79 Å². The molecule has 1 aromatic carbocycles. The van der Waals surface area contributed by atoms with Gasteiger partial charge in [0.25, 0.3) is 0 Å². The maximum Gasteiger partial charge on any atom is 0.328 e. The first kappa shape index (κ1) is 12.7. The Morgan fingerprint density at radius 1 is 1.50 bits per heavy atom. The summed E-state index contributed by atoms with van der Waals surface area (Å²) in [7, 11) is 1.64. The lowest BCUT2D eigenvalue weighted by Crippen LogP contribution is -2.00. The Morgan fingerprint density at radius 2 is 2.22 bits per heavy atom. The van der Waals surface area contributed by atoms with E-state index >= 15 is 0 Å². The fraction of sp³-hybridized carbons (Fsp3) is 0.400. The summed E-state index contributed by atoms with van der Waals surface area (Å²) in [5.41, 5.74) is 3.24. The fourth-order valence-corrected chi connectivity index (χ4v) is 2.19. The van der Waals surface area contributed by atoms with Crippen LogP contribution in [-0.4, -0.2) is 18.2 Å². The van der Waals surface area contributed by atoms with E-state index in [1.54, 1.807) is 7.11 Å². The van der Waals surface area contributed by atoms with Gasteiger partial charge in [0, 0.05) is 6.08 Å². The standard InChI is InChI=1S/C15H18O3/c1-10-3-6-14(18-2)13(7-10)8-12(9-15(16)17)11-4-5-11/h3,6-7,9,11H,4-5,8H2,1-2H3,(H,16,17)/b12-9-. The van der Waals surface area contributed by atoms with Gasteiger partial charge in [-0.05, 0) is 43.7 Å². The lowest BCUT2D eigenvalue weighted by Gasteiger charge is -2.11. The molecule has 1 aliphatic carbocycles. The molecule has 0 spiro atoms. The van der Waals surface area contributed by atoms with Crippen LogP contribution < -0.4 is 4.74 Å². The maximum absolute atomic E-state index is 10.8. The Hall–Kier alpha value is -1.77. The summed E-state index contributed by atoms with van der Waals surface area (Å²) < 4.78 is 5.33. The smallest absolute Gasteiger partial charge is 0.328 e. The van der Waals surface area contributed by atoms with E-state index in [2.05, 4.69) is 6.07 Å². The van der Waals surface area contributed by atoms with Crippen LogP contribution in [0.5, 0.6) is 5.75 Å². The highest BCUT2D eigenvalue weighted by Crippen LogP contribution is 2.39. The molecule has 1 N–H and O–H groups in total. The number of hydrogen-bond donors (Lipinski definition) is 1. The highest BCUT2D eigenvalue weighted by atomic mass is 16.5. The summed E-state index contributed by atoms with van der Waals surface area (Å²) in [5, 5.41) is 8.91. The monoisotopic (exact) mass is 246 g/mol. The zero-order valence-corrected chi connectivity index (χ0v) is 10.8. The van der Waals surface area contributed by atoms with Crippen LogP contribution in [0.25, 0.3) is 0 Å². The molecule has 2 rings (SSSR count). The van der Waals surface area contributed by atoms with E-state index in [4.69, 9.17) is 9.84 Å². The second kappa shape index (κ2) is 5.25. The van der Waals surface area contributed by atoms with Crippen LogP contribution in [0.1, 0.15) is 24.0 Å². The van der Waals surface area contributed by atoms with Crippen LogP contribution in [0, 0.1) is 12.8 Å². The highest BCUT2D eigenvalue weighted by Gasteiger charge is 2.27. The van der Waals surface area contributed by atoms with Crippen LogP contribution in [-0.2, 0) is 11.2 Å². The first-order valence-corrected chi connectivity index (χ1v) is 6.17. The largest absolute Gasteiger partial charge is 0.496 e. The Balaban J connectivity index is 2.25. The van der Waals surface area contributed by atoms with Crippen molar-refractivity contribution in [3.05, 3.63) is 41.0 Å². The van der Waals surface area contributed by atoms with Crippen LogP contribution in [0.2, 0.25) is 0 Å². The summed E-state index contributed by atoms with van der Waals surface area (Å²) in [6, 6.07) is 6.01. The van der Waals surface area contributed by atoms with Gasteiger partial charge in [-0.25, -0.2) is 4.79 Å². The molecule has 0 atom stereocenters. The van der Waals surface area contributed by atoms with E-state index in [1.165, 1.54) is 6.08 Å². The van der Waals surface area contributed by atoms with E-state index in [0.29, 0.717) is 12.3 Å². The van der Waals surface area contributed by atoms with Crippen LogP contribution in [0.15, 0.2) is 29.8 Å². The molecule has 1 aromatic rings. The van der Waals surface area contributed by atoms with Gasteiger partial charge in [0.15, 0.2) is 0 Å². The van der Waals surface area contributed by atoms with E-state index in [0.717, 1.165) is 35.3 Å². The highest BCUT2D eigenvalue weighted by molar-refractivity contribution is 5.81. The van der Waals surface area contributed by atoms with Crippen molar-refractivity contribution in [3.63, 3.8) is 0 Å². The molecule has 0 amide bonds. The Morgan fingerprint density at radius 3 is 2.78 bits per heavy atom. The molecule has 0 saturated heterocycles. The minimum absolute atomic E-state index is 0.450. The van der Waals surface area contributed by atoms with Gasteiger partial charge < -0.3 is 9.84 Å². The van der Waals surface area contributed by atoms with Gasteiger partial charge in [0.1, 0.15) is 5.75 Å². The zero-order valence-electron chi connectivity index (χ0n) is 10.8. The third-order valence-electron chi connectivity index (χ3n) is 3.24. The number of allylic oxidation sites excluding steroid dienone is 1. The molecule has 0 aromatic heterocycles. The number of aryl methyl sites for hydroxylation is 1. The van der Waals surface area contributed by atoms with Crippen molar-refractivity contribution in [3.8, 4) is 5.75 Å². The Labute approximate surface area is 107 Å². The third-order valence-corrected chi connectivity index (χ3v) is 3.24. The summed E-state index contributed by atoms with van der Waals surface area (Å²) in [6.07, 6.45) is 4.24. The molecular weight excluding hydrogens is 228 g/mol. The van der Waals surface area contributed by atoms with Crippen LogP contribution in [0.4, 0.5) is 0 Å². The number of ether oxygens (including phenoxy) is 1. The van der Waals surface area contributed by atoms with Crippen molar-refractivity contribution in [2.75, 3.05) is 7.11 Å². The number of carboxylic acid groups (broad SMARTS) is 1. The number of benzene rings is 1. The molecule has 0 unspecified atom stereocenters. The lowest BCUT2D eigenvalue weighted by atomic mass is 9.98. The molecule has 3 nitrogen and oxygen atoms in total. The van der Waals surface area contributed by atoms with Gasteiger partial charge >= 0.3 is 5.97 Å². The first-order valence-electron chi connectivity index (χ1n) is 6.17. The average molecular weight is 246 g/mol. The van der Waals surface area contributed by atoms with E-state index < -0.39 is 5.97 Å². The number of aliphatic carboxylic acids is 1. The predicted molar refractivity (Wildman–Crippen MR) is 69.9 cm³/mol. The van der Waals surface area contributed by atoms with E-state index in [-0.39, 0.29) is 0 Å². The van der Waals surface area contributed by atoms with Crippen molar-refractivity contribution < 1.29 is 14.6 Å². The van der Waals surface area contributed by atoms with Crippen molar-refractivity contribution in [1.29, 1.82) is 0 Å². The lowest BCUT2D eigenvalue weighted by molar-refractivity contribution is -0.131. The maximum atomic E-state index is 10.8. The molecule has 0 radical (unpaired) electrons. The molecule has 0 aliphatic heterocycles. The predicted octanol–water partition coefficient (Wildman–Crippen LogP) is 2.97. The molecule has 0 bridgehead atoms. The normalized spacial score (nSPS) is 15.6. The number of rotatable bonds is 5. The first-order chi connectivity index (χ1) is 8.60. The third kappa shape index (κ3) is 3.13. The summed E-state index contributed by atoms with van der Waals surface area (Å²) in [6.45, 7) is 2.03. The number of hydrogen-bond acceptors (Lipinski definition) is 2. The summed E-state index contributed by atoms with van der Waals surface area (Å²) in [4.78, 5) is 10.8. The number of methoxy groups -OCH3 is 1. The van der Waals surface area contributed by atoms with Gasteiger partial charge in [-0.3, -0.25) is 0 Å². The Bertz CT molecular complexity index is 485. The van der Waals surface area contributed by atoms with Gasteiger partial charge in [0.05, 0.1) is 7.11 Å². The molecule has 3 heteroatoms. The Kier molecular flexibility index (Phi) is 3.70. The quantitative estimate of drug-likeness (QED) is 0.812. The second-order valence-corrected chi connectivity index (χ2v) is 4.82. The van der Waals surface area contributed by atoms with Crippen molar-refractivity contribution in [1.82, 2.24) is 0 Å². The number of carbonyl (C=O) groups is 1. The van der Waals surface area contributed by atoms with Gasteiger partial charge in [-0.1, -0.05) is 23.3 Å². The molecule has 18 heavy (non-hydrogen) atoms. The summed E-state index contributed by atoms with van der Waals surface area (Å²) in [5.74, 6) is 0.423. The topological polar surface area (TPSA) is 46.5 Å².